The van der Waals surface area contributed by atoms with Gasteiger partial charge in [0.1, 0.15) is 0 Å². The molecule has 1 saturated heterocycles. The number of hydrogen-bond acceptors (Lipinski definition) is 4. The second-order valence-electron chi connectivity index (χ2n) is 4.71. The first-order chi connectivity index (χ1) is 8.47. The smallest absolute Gasteiger partial charge is 0.329 e. The third kappa shape index (κ3) is 5.83. The predicted octanol–water partition coefficient (Wildman–Crippen LogP) is -0.299. The summed E-state index contributed by atoms with van der Waals surface area (Å²) in [5.74, 6) is -0.844. The molecule has 0 saturated carbocycles. The third-order valence-corrected chi connectivity index (χ3v) is 2.93. The number of piperazine rings is 1. The molecule has 0 aromatic carbocycles. The second-order valence-corrected chi connectivity index (χ2v) is 4.71. The molecular weight excluding hydrogens is 236 g/mol. The molecule has 1 aliphatic rings. The molecular formula is C11H22N4O3. The lowest BCUT2D eigenvalue weighted by Gasteiger charge is -2.32. The van der Waals surface area contributed by atoms with Crippen molar-refractivity contribution >= 4 is 12.0 Å². The van der Waals surface area contributed by atoms with Gasteiger partial charge in [-0.3, -0.25) is 10.2 Å². The molecule has 1 heterocycles. The molecule has 3 N–H and O–H groups in total. The molecule has 18 heavy (non-hydrogen) atoms. The average molecular weight is 258 g/mol. The van der Waals surface area contributed by atoms with Gasteiger partial charge in [-0.1, -0.05) is 0 Å². The molecule has 7 nitrogen and oxygen atoms in total. The number of nitrogens with zero attached hydrogens (tertiary/aromatic N) is 2. The first-order valence-corrected chi connectivity index (χ1v) is 6.20. The average Bonchev–Trinajstić information content (AvgIpc) is 2.29. The summed E-state index contributed by atoms with van der Waals surface area (Å²) in [5, 5.41) is 13.1. The largest absolute Gasteiger partial charge is 0.481 e. The van der Waals surface area contributed by atoms with Gasteiger partial charge < -0.3 is 15.3 Å². The van der Waals surface area contributed by atoms with E-state index >= 15 is 0 Å². The Balaban J connectivity index is 2.18. The lowest BCUT2D eigenvalue weighted by atomic mass is 10.2. The summed E-state index contributed by atoms with van der Waals surface area (Å²) < 4.78 is 0. The van der Waals surface area contributed by atoms with Gasteiger partial charge in [-0.05, 0) is 20.4 Å². The molecule has 2 amide bonds. The standard InChI is InChI=1S/C11H22N4O3/c1-9(3-4-10(16)17)12-11(18)13-15-7-5-14(2)6-8-15/h9H,3-8H2,1-2H3,(H,16,17)(H2,12,13,18). The van der Waals surface area contributed by atoms with Crippen molar-refractivity contribution in [2.24, 2.45) is 0 Å². The van der Waals surface area contributed by atoms with E-state index in [4.69, 9.17) is 5.11 Å². The number of hydrogen-bond donors (Lipinski definition) is 3. The van der Waals surface area contributed by atoms with Crippen LogP contribution in [0, 0.1) is 0 Å². The van der Waals surface area contributed by atoms with Crippen molar-refractivity contribution < 1.29 is 14.7 Å². The number of rotatable bonds is 5. The number of urea groups is 1. The Morgan fingerprint density at radius 1 is 1.28 bits per heavy atom. The molecule has 1 aliphatic heterocycles. The monoisotopic (exact) mass is 258 g/mol. The number of likely N-dealkylation sites (N-methyl/N-ethyl adjacent to an activating group) is 1. The molecule has 1 unspecified atom stereocenters. The molecule has 0 aromatic rings. The number of carboxylic acids is 1. The van der Waals surface area contributed by atoms with Crippen LogP contribution in [0.3, 0.4) is 0 Å². The van der Waals surface area contributed by atoms with Crippen molar-refractivity contribution in [3.63, 3.8) is 0 Å². The van der Waals surface area contributed by atoms with Crippen LogP contribution in [0.2, 0.25) is 0 Å². The highest BCUT2D eigenvalue weighted by Crippen LogP contribution is 1.98. The highest BCUT2D eigenvalue weighted by molar-refractivity contribution is 5.73. The minimum absolute atomic E-state index is 0.0654. The molecule has 1 fully saturated rings. The van der Waals surface area contributed by atoms with E-state index in [9.17, 15) is 9.59 Å². The van der Waals surface area contributed by atoms with Gasteiger partial charge >= 0.3 is 12.0 Å². The van der Waals surface area contributed by atoms with Crippen molar-refractivity contribution in [3.05, 3.63) is 0 Å². The Bertz CT molecular complexity index is 290. The number of aliphatic carboxylic acids is 1. The molecule has 0 bridgehead atoms. The van der Waals surface area contributed by atoms with Crippen LogP contribution < -0.4 is 10.7 Å². The van der Waals surface area contributed by atoms with E-state index in [1.54, 1.807) is 6.92 Å². The zero-order valence-electron chi connectivity index (χ0n) is 11.0. The highest BCUT2D eigenvalue weighted by Gasteiger charge is 2.16. The number of amides is 2. The molecule has 0 aliphatic carbocycles. The topological polar surface area (TPSA) is 84.9 Å². The Hall–Kier alpha value is -1.34. The van der Waals surface area contributed by atoms with E-state index in [0.29, 0.717) is 6.42 Å². The van der Waals surface area contributed by atoms with Gasteiger partial charge in [0, 0.05) is 38.6 Å². The summed E-state index contributed by atoms with van der Waals surface area (Å²) in [4.78, 5) is 24.2. The Labute approximate surface area is 107 Å². The predicted molar refractivity (Wildman–Crippen MR) is 67.1 cm³/mol. The summed E-state index contributed by atoms with van der Waals surface area (Å²) in [5.41, 5.74) is 2.77. The van der Waals surface area contributed by atoms with Crippen LogP contribution in [0.25, 0.3) is 0 Å². The van der Waals surface area contributed by atoms with Gasteiger partial charge in [0.05, 0.1) is 0 Å². The van der Waals surface area contributed by atoms with Gasteiger partial charge in [-0.25, -0.2) is 9.80 Å². The van der Waals surface area contributed by atoms with Crippen LogP contribution in [0.15, 0.2) is 0 Å². The number of carbonyl (C=O) groups is 2. The maximum Gasteiger partial charge on any atom is 0.329 e. The van der Waals surface area contributed by atoms with Gasteiger partial charge in [-0.2, -0.15) is 0 Å². The molecule has 104 valence electrons. The third-order valence-electron chi connectivity index (χ3n) is 2.93. The van der Waals surface area contributed by atoms with E-state index in [-0.39, 0.29) is 18.5 Å². The lowest BCUT2D eigenvalue weighted by molar-refractivity contribution is -0.137. The Kier molecular flexibility index (Phi) is 5.87. The fourth-order valence-electron chi connectivity index (χ4n) is 1.73. The van der Waals surface area contributed by atoms with E-state index in [1.807, 2.05) is 12.1 Å². The first-order valence-electron chi connectivity index (χ1n) is 6.20. The minimum atomic E-state index is -0.844. The first kappa shape index (κ1) is 14.7. The number of hydrazine groups is 1. The zero-order chi connectivity index (χ0) is 13.5. The number of nitrogens with one attached hydrogen (secondary N) is 2. The van der Waals surface area contributed by atoms with Crippen molar-refractivity contribution in [1.82, 2.24) is 20.7 Å². The molecule has 1 atom stereocenters. The van der Waals surface area contributed by atoms with Gasteiger partial charge in [0.25, 0.3) is 0 Å². The SMILES string of the molecule is CC(CCC(=O)O)NC(=O)NN1CCN(C)CC1. The molecule has 0 spiro atoms. The van der Waals surface area contributed by atoms with E-state index in [1.165, 1.54) is 0 Å². The van der Waals surface area contributed by atoms with E-state index < -0.39 is 5.97 Å². The Morgan fingerprint density at radius 2 is 1.89 bits per heavy atom. The quantitative estimate of drug-likeness (QED) is 0.630. The normalized spacial score (nSPS) is 19.2. The van der Waals surface area contributed by atoms with Crippen molar-refractivity contribution in [2.45, 2.75) is 25.8 Å². The molecule has 7 heteroatoms. The lowest BCUT2D eigenvalue weighted by Crippen LogP contribution is -2.55. The van der Waals surface area contributed by atoms with E-state index in [0.717, 1.165) is 26.2 Å². The molecule has 0 radical (unpaired) electrons. The summed E-state index contributed by atoms with van der Waals surface area (Å²) >= 11 is 0. The van der Waals surface area contributed by atoms with Crippen molar-refractivity contribution in [1.29, 1.82) is 0 Å². The highest BCUT2D eigenvalue weighted by atomic mass is 16.4. The minimum Gasteiger partial charge on any atom is -0.481 e. The summed E-state index contributed by atoms with van der Waals surface area (Å²) in [6.07, 6.45) is 0.501. The molecule has 0 aromatic heterocycles. The Morgan fingerprint density at radius 3 is 2.44 bits per heavy atom. The number of carboxylic acid groups (broad SMARTS) is 1. The van der Waals surface area contributed by atoms with E-state index in [2.05, 4.69) is 15.6 Å². The van der Waals surface area contributed by atoms with Crippen LogP contribution in [-0.2, 0) is 4.79 Å². The molecule has 1 rings (SSSR count). The number of carbonyl (C=O) groups excluding carboxylic acids is 1. The second kappa shape index (κ2) is 7.17. The van der Waals surface area contributed by atoms with Crippen LogP contribution in [-0.4, -0.2) is 66.3 Å². The van der Waals surface area contributed by atoms with Crippen LogP contribution >= 0.6 is 0 Å². The van der Waals surface area contributed by atoms with Crippen LogP contribution in [0.5, 0.6) is 0 Å². The van der Waals surface area contributed by atoms with Crippen LogP contribution in [0.4, 0.5) is 4.79 Å². The summed E-state index contributed by atoms with van der Waals surface area (Å²) in [7, 11) is 2.05. The maximum atomic E-state index is 11.6. The van der Waals surface area contributed by atoms with Gasteiger partial charge in [0.15, 0.2) is 0 Å². The summed E-state index contributed by atoms with van der Waals surface area (Å²) in [6.45, 7) is 5.25. The zero-order valence-corrected chi connectivity index (χ0v) is 11.0. The fourth-order valence-corrected chi connectivity index (χ4v) is 1.73. The van der Waals surface area contributed by atoms with Gasteiger partial charge in [-0.15, -0.1) is 0 Å². The van der Waals surface area contributed by atoms with Gasteiger partial charge in [0.2, 0.25) is 0 Å². The van der Waals surface area contributed by atoms with Crippen molar-refractivity contribution in [2.75, 3.05) is 33.2 Å². The van der Waals surface area contributed by atoms with Crippen molar-refractivity contribution in [3.8, 4) is 0 Å². The fraction of sp³-hybridized carbons (Fsp3) is 0.818. The summed E-state index contributed by atoms with van der Waals surface area (Å²) in [6, 6.07) is -0.411. The maximum absolute atomic E-state index is 11.6. The van der Waals surface area contributed by atoms with Crippen LogP contribution in [0.1, 0.15) is 19.8 Å².